The maximum atomic E-state index is 13.3. The summed E-state index contributed by atoms with van der Waals surface area (Å²) in [5.74, 6) is 3.77. The molecule has 0 amide bonds. The summed E-state index contributed by atoms with van der Waals surface area (Å²) in [6, 6.07) is 6.06. The summed E-state index contributed by atoms with van der Waals surface area (Å²) in [5.41, 5.74) is 1.85. The van der Waals surface area contributed by atoms with E-state index in [1.54, 1.807) is 6.07 Å². The Morgan fingerprint density at radius 2 is 1.95 bits per heavy atom. The van der Waals surface area contributed by atoms with Crippen molar-refractivity contribution in [2.45, 2.75) is 45.1 Å². The average Bonchev–Trinajstić information content (AvgIpc) is 3.05. The van der Waals surface area contributed by atoms with Crippen LogP contribution in [0, 0.1) is 36.4 Å². The van der Waals surface area contributed by atoms with Crippen molar-refractivity contribution in [2.24, 2.45) is 23.7 Å². The van der Waals surface area contributed by atoms with Gasteiger partial charge in [-0.15, -0.1) is 0 Å². The van der Waals surface area contributed by atoms with Crippen molar-refractivity contribution < 1.29 is 4.39 Å². The van der Waals surface area contributed by atoms with E-state index in [0.717, 1.165) is 34.9 Å². The first kappa shape index (κ1) is 11.7. The molecule has 3 saturated carbocycles. The van der Waals surface area contributed by atoms with Gasteiger partial charge in [-0.1, -0.05) is 6.42 Å². The third-order valence-corrected chi connectivity index (χ3v) is 5.94. The van der Waals surface area contributed by atoms with Crippen molar-refractivity contribution in [3.05, 3.63) is 29.6 Å². The molecule has 0 saturated heterocycles. The van der Waals surface area contributed by atoms with Gasteiger partial charge >= 0.3 is 0 Å². The van der Waals surface area contributed by atoms with E-state index in [1.165, 1.54) is 32.1 Å². The first-order valence-electron chi connectivity index (χ1n) is 7.75. The van der Waals surface area contributed by atoms with Crippen molar-refractivity contribution >= 4 is 5.69 Å². The minimum absolute atomic E-state index is 0.102. The van der Waals surface area contributed by atoms with Gasteiger partial charge in [0.25, 0.3) is 0 Å². The Labute approximate surface area is 114 Å². The zero-order valence-electron chi connectivity index (χ0n) is 11.5. The predicted octanol–water partition coefficient (Wildman–Crippen LogP) is 4.37. The standard InChI is InChI=1S/C17H22FN/c1-10-7-12(5-6-16(10)18)19-17-9-11-8-15(17)14-4-2-3-13(11)14/h5-7,11,13-15,17,19H,2-4,8-9H2,1H3. The number of aryl methyl sites for hydroxylation is 1. The molecule has 0 radical (unpaired) electrons. The van der Waals surface area contributed by atoms with Gasteiger partial charge < -0.3 is 5.32 Å². The summed E-state index contributed by atoms with van der Waals surface area (Å²) in [5, 5.41) is 3.69. The Morgan fingerprint density at radius 1 is 1.11 bits per heavy atom. The summed E-state index contributed by atoms with van der Waals surface area (Å²) in [6.07, 6.45) is 7.15. The lowest BCUT2D eigenvalue weighted by molar-refractivity contribution is 0.243. The van der Waals surface area contributed by atoms with E-state index in [4.69, 9.17) is 0 Å². The molecular formula is C17H22FN. The fraction of sp³-hybridized carbons (Fsp3) is 0.647. The van der Waals surface area contributed by atoms with Crippen LogP contribution >= 0.6 is 0 Å². The number of rotatable bonds is 2. The Kier molecular flexibility index (Phi) is 2.61. The molecule has 1 aromatic rings. The maximum Gasteiger partial charge on any atom is 0.126 e. The second-order valence-electron chi connectivity index (χ2n) is 6.87. The van der Waals surface area contributed by atoms with Crippen LogP contribution in [-0.2, 0) is 0 Å². The average molecular weight is 259 g/mol. The van der Waals surface area contributed by atoms with Crippen molar-refractivity contribution in [2.75, 3.05) is 5.32 Å². The van der Waals surface area contributed by atoms with Gasteiger partial charge in [0.2, 0.25) is 0 Å². The first-order valence-corrected chi connectivity index (χ1v) is 7.75. The number of halogens is 1. The normalized spacial score (nSPS) is 39.6. The molecule has 5 unspecified atom stereocenters. The van der Waals surface area contributed by atoms with Crippen molar-refractivity contribution in [1.82, 2.24) is 0 Å². The molecule has 0 spiro atoms. The molecule has 102 valence electrons. The van der Waals surface area contributed by atoms with Gasteiger partial charge in [0, 0.05) is 11.7 Å². The zero-order valence-corrected chi connectivity index (χ0v) is 11.5. The molecule has 2 bridgehead atoms. The third-order valence-electron chi connectivity index (χ3n) is 5.94. The summed E-state index contributed by atoms with van der Waals surface area (Å²) in [7, 11) is 0. The van der Waals surface area contributed by atoms with Crippen LogP contribution in [0.3, 0.4) is 0 Å². The highest BCUT2D eigenvalue weighted by atomic mass is 19.1. The van der Waals surface area contributed by atoms with E-state index in [2.05, 4.69) is 5.32 Å². The second-order valence-corrected chi connectivity index (χ2v) is 6.87. The van der Waals surface area contributed by atoms with Gasteiger partial charge in [-0.3, -0.25) is 0 Å². The summed E-state index contributed by atoms with van der Waals surface area (Å²) >= 11 is 0. The van der Waals surface area contributed by atoms with Gasteiger partial charge in [-0.05, 0) is 80.0 Å². The highest BCUT2D eigenvalue weighted by Gasteiger charge is 2.53. The van der Waals surface area contributed by atoms with Crippen molar-refractivity contribution in [3.8, 4) is 0 Å². The van der Waals surface area contributed by atoms with Crippen LogP contribution < -0.4 is 5.32 Å². The topological polar surface area (TPSA) is 12.0 Å². The van der Waals surface area contributed by atoms with Crippen LogP contribution in [-0.4, -0.2) is 6.04 Å². The molecule has 1 nitrogen and oxygen atoms in total. The van der Waals surface area contributed by atoms with E-state index in [0.29, 0.717) is 6.04 Å². The van der Waals surface area contributed by atoms with Gasteiger partial charge in [-0.2, -0.15) is 0 Å². The Hall–Kier alpha value is -1.05. The van der Waals surface area contributed by atoms with Crippen molar-refractivity contribution in [1.29, 1.82) is 0 Å². The molecule has 3 aliphatic carbocycles. The number of nitrogens with one attached hydrogen (secondary N) is 1. The van der Waals surface area contributed by atoms with Gasteiger partial charge in [0.05, 0.1) is 0 Å². The maximum absolute atomic E-state index is 13.3. The molecule has 19 heavy (non-hydrogen) atoms. The lowest BCUT2D eigenvalue weighted by Gasteiger charge is -2.32. The molecule has 0 aromatic heterocycles. The highest BCUT2D eigenvalue weighted by molar-refractivity contribution is 5.47. The van der Waals surface area contributed by atoms with E-state index < -0.39 is 0 Å². The molecule has 3 fully saturated rings. The quantitative estimate of drug-likeness (QED) is 0.831. The monoisotopic (exact) mass is 259 g/mol. The molecule has 5 atom stereocenters. The van der Waals surface area contributed by atoms with E-state index in [9.17, 15) is 4.39 Å². The minimum Gasteiger partial charge on any atom is -0.382 e. The Morgan fingerprint density at radius 3 is 2.79 bits per heavy atom. The van der Waals surface area contributed by atoms with Crippen LogP contribution in [0.1, 0.15) is 37.7 Å². The largest absolute Gasteiger partial charge is 0.382 e. The third kappa shape index (κ3) is 1.79. The lowest BCUT2D eigenvalue weighted by atomic mass is 9.79. The van der Waals surface area contributed by atoms with Gasteiger partial charge in [-0.25, -0.2) is 4.39 Å². The van der Waals surface area contributed by atoms with Crippen molar-refractivity contribution in [3.63, 3.8) is 0 Å². The van der Waals surface area contributed by atoms with Crippen LogP contribution in [0.5, 0.6) is 0 Å². The number of benzene rings is 1. The van der Waals surface area contributed by atoms with Gasteiger partial charge in [0.1, 0.15) is 5.82 Å². The molecular weight excluding hydrogens is 237 g/mol. The lowest BCUT2D eigenvalue weighted by Crippen LogP contribution is -2.33. The fourth-order valence-electron chi connectivity index (χ4n) is 5.18. The van der Waals surface area contributed by atoms with Gasteiger partial charge in [0.15, 0.2) is 0 Å². The number of hydrogen-bond donors (Lipinski definition) is 1. The first-order chi connectivity index (χ1) is 9.22. The molecule has 1 N–H and O–H groups in total. The van der Waals surface area contributed by atoms with Crippen LogP contribution in [0.25, 0.3) is 0 Å². The molecule has 0 aliphatic heterocycles. The van der Waals surface area contributed by atoms with E-state index in [-0.39, 0.29) is 5.82 Å². The number of anilines is 1. The SMILES string of the molecule is Cc1cc(NC2CC3CC2C2CCCC32)ccc1F. The Balaban J connectivity index is 1.51. The Bertz CT molecular complexity index is 498. The summed E-state index contributed by atoms with van der Waals surface area (Å²) in [4.78, 5) is 0. The van der Waals surface area contributed by atoms with Crippen LogP contribution in [0.4, 0.5) is 10.1 Å². The molecule has 4 rings (SSSR count). The highest BCUT2D eigenvalue weighted by Crippen LogP contribution is 2.59. The smallest absolute Gasteiger partial charge is 0.126 e. The molecule has 1 aromatic carbocycles. The molecule has 2 heteroatoms. The second kappa shape index (κ2) is 4.22. The molecule has 0 heterocycles. The predicted molar refractivity (Wildman–Crippen MR) is 75.6 cm³/mol. The number of hydrogen-bond acceptors (Lipinski definition) is 1. The summed E-state index contributed by atoms with van der Waals surface area (Å²) < 4.78 is 13.3. The minimum atomic E-state index is -0.102. The van der Waals surface area contributed by atoms with E-state index in [1.807, 2.05) is 19.1 Å². The van der Waals surface area contributed by atoms with E-state index >= 15 is 0 Å². The van der Waals surface area contributed by atoms with Crippen LogP contribution in [0.2, 0.25) is 0 Å². The number of fused-ring (bicyclic) bond motifs is 5. The zero-order chi connectivity index (χ0) is 13.0. The summed E-state index contributed by atoms with van der Waals surface area (Å²) in [6.45, 7) is 1.84. The van der Waals surface area contributed by atoms with Crippen LogP contribution in [0.15, 0.2) is 18.2 Å². The molecule has 3 aliphatic rings. The fourth-order valence-corrected chi connectivity index (χ4v) is 5.18.